The summed E-state index contributed by atoms with van der Waals surface area (Å²) >= 11 is 4.73. The van der Waals surface area contributed by atoms with Gasteiger partial charge in [-0.25, -0.2) is 0 Å². The van der Waals surface area contributed by atoms with Gasteiger partial charge in [0.2, 0.25) is 0 Å². The minimum absolute atomic E-state index is 0.0841. The summed E-state index contributed by atoms with van der Waals surface area (Å²) in [4.78, 5) is 92.0. The molecule has 6 aliphatic carbocycles. The van der Waals surface area contributed by atoms with Gasteiger partial charge >= 0.3 is 0 Å². The van der Waals surface area contributed by atoms with Crippen molar-refractivity contribution in [2.75, 3.05) is 80.7 Å². The minimum Gasteiger partial charge on any atom is -0.399 e. The van der Waals surface area contributed by atoms with Crippen LogP contribution in [0.5, 0.6) is 0 Å². The molecule has 2 saturated heterocycles. The third kappa shape index (κ3) is 25.1. The van der Waals surface area contributed by atoms with Crippen LogP contribution in [0.15, 0.2) is 218 Å². The van der Waals surface area contributed by atoms with E-state index in [1.54, 1.807) is 83.5 Å². The summed E-state index contributed by atoms with van der Waals surface area (Å²) in [5.74, 6) is -0.223. The lowest BCUT2D eigenvalue weighted by Gasteiger charge is -2.30. The Kier molecular flexibility index (Phi) is 33.2. The van der Waals surface area contributed by atoms with Crippen LogP contribution in [-0.2, 0) is 35.0 Å². The van der Waals surface area contributed by atoms with Crippen LogP contribution in [0.3, 0.4) is 0 Å². The first kappa shape index (κ1) is 100. The van der Waals surface area contributed by atoms with Crippen LogP contribution in [0.4, 0.5) is 28.4 Å². The molecule has 3 atom stereocenters. The van der Waals surface area contributed by atoms with E-state index in [4.69, 9.17) is 35.5 Å². The number of ketones is 2. The third-order valence-corrected chi connectivity index (χ3v) is 29.5. The van der Waals surface area contributed by atoms with Gasteiger partial charge in [-0.2, -0.15) is 0 Å². The van der Waals surface area contributed by atoms with Crippen molar-refractivity contribution in [3.05, 3.63) is 301 Å². The maximum Gasteiger partial charge on any atom is 0.270 e. The molecule has 8 aromatic heterocycles. The number of nitrogens with zero attached hydrogens (tertiary/aromatic N) is 7. The summed E-state index contributed by atoms with van der Waals surface area (Å²) in [7, 11) is 12.9. The average Bonchev–Trinajstić information content (AvgIpc) is 1.67. The molecule has 30 nitrogen and oxygen atoms in total. The van der Waals surface area contributed by atoms with E-state index in [0.29, 0.717) is 99.6 Å². The molecule has 22 rings (SSSR count). The minimum atomic E-state index is -0.443. The van der Waals surface area contributed by atoms with Gasteiger partial charge in [0.1, 0.15) is 16.6 Å². The zero-order valence-corrected chi connectivity index (χ0v) is 81.6. The van der Waals surface area contributed by atoms with Crippen molar-refractivity contribution in [1.29, 1.82) is 10.8 Å². The van der Waals surface area contributed by atoms with Gasteiger partial charge in [0, 0.05) is 265 Å². The standard InChI is InChI=1S/C22H25N3S.C16H19N3O2.C16H21N3.C16H16N2O4.C14H12N2O3.C8H6N2O2.C8H12O3.C6H7NS2/c1-25(2)17-8-6-16(7-9-17)19-14-24-21-10-5-15(12-18(19)21)13-20(23)22-4-3-11-26-22;1-18(2)12-5-3-11(4-6-12)15-10-17-16-8-7-13(19(20)21)9-14(15)16;1-19(2)13-6-3-11(4-7-13)15-10-18-16-8-5-12(17)9-14(15)16;19-18(20)12-1-2-15-13(9-12)14(10-17-15)11-3-5-16(6-4-11)21-7-8-22-16;17-11-4-1-9(2-5-11)13-8-15-14-6-3-10(16(18)19)7-12(13)14;11-10(12)7-1-2-8-6(5-7)3-4-9-8;9-7-1-3-8(4-2-7)10-5-6-11-8;1-8-6(7)5-3-2-4-9-5/h3-6,10-12,14,17,23-24H,7-9,13H2,1-2H3;3,7-10,12,17H,4-6H2,1-2H3;3,5,8-10,13,18H,4,6-7,17H2,1-2H3;1-3,9-10,17H,4-8H2;1,3,6-8,15H,2,4-5H2;1-5,9H;1-6H2;2-4,7H,1H3. The Hall–Kier alpha value is -13.2. The van der Waals surface area contributed by atoms with Crippen molar-refractivity contribution < 1.29 is 48.2 Å². The highest BCUT2D eigenvalue weighted by Gasteiger charge is 2.41. The molecule has 3 unspecified atom stereocenters. The fourth-order valence-electron chi connectivity index (χ4n) is 18.9. The van der Waals surface area contributed by atoms with Gasteiger partial charge in [-0.15, -0.1) is 34.4 Å². The van der Waals surface area contributed by atoms with E-state index in [9.17, 15) is 50.0 Å². The maximum absolute atomic E-state index is 11.2. The number of fused-ring (bicyclic) bond motifs is 6. The predicted octanol–water partition coefficient (Wildman–Crippen LogP) is 24.1. The number of H-pyrrole nitrogens is 6. The Balaban J connectivity index is 0.000000122. The number of nitro benzene ring substituents is 4. The molecule has 724 valence electrons. The molecular weight excluding hydrogens is 1820 g/mol. The Labute approximate surface area is 817 Å². The number of ether oxygens (including phenoxy) is 4. The van der Waals surface area contributed by atoms with Crippen LogP contribution in [0.2, 0.25) is 0 Å². The van der Waals surface area contributed by atoms with Crippen molar-refractivity contribution in [1.82, 2.24) is 44.6 Å². The monoisotopic (exact) mass is 1930 g/mol. The number of rotatable bonds is 16. The normalized spacial score (nSPS) is 18.1. The van der Waals surface area contributed by atoms with E-state index in [0.717, 1.165) is 158 Å². The Morgan fingerprint density at radius 1 is 0.432 bits per heavy atom. The topological polar surface area (TPSA) is 422 Å². The van der Waals surface area contributed by atoms with E-state index in [2.05, 4.69) is 154 Å². The molecule has 8 aliphatic rings. The van der Waals surface area contributed by atoms with E-state index in [1.165, 1.54) is 104 Å². The number of nitrogens with one attached hydrogen (secondary N) is 8. The first-order valence-corrected chi connectivity index (χ1v) is 49.8. The second-order valence-corrected chi connectivity index (χ2v) is 39.0. The number of anilines is 1. The molecule has 6 aromatic carbocycles. The van der Waals surface area contributed by atoms with Gasteiger partial charge in [-0.3, -0.25) is 55.5 Å². The molecule has 10 N–H and O–H groups in total. The Morgan fingerprint density at radius 3 is 1.21 bits per heavy atom. The highest BCUT2D eigenvalue weighted by molar-refractivity contribution is 8.14. The largest absolute Gasteiger partial charge is 0.399 e. The second kappa shape index (κ2) is 46.1. The molecule has 2 spiro atoms. The first-order valence-electron chi connectivity index (χ1n) is 46.8. The second-order valence-electron chi connectivity index (χ2n) is 36.3. The van der Waals surface area contributed by atoms with Gasteiger partial charge < -0.3 is 74.7 Å². The molecule has 0 radical (unpaired) electrons. The number of allylic oxidation sites excluding steroid dienone is 6. The predicted molar refractivity (Wildman–Crippen MR) is 560 cm³/mol. The van der Waals surface area contributed by atoms with Crippen molar-refractivity contribution in [2.45, 2.75) is 158 Å². The molecule has 14 aromatic rings. The lowest BCUT2D eigenvalue weighted by Crippen LogP contribution is -2.35. The third-order valence-electron chi connectivity index (χ3n) is 26.9. The molecule has 0 amide bonds. The van der Waals surface area contributed by atoms with Crippen LogP contribution < -0.4 is 5.73 Å². The molecule has 33 heteroatoms. The molecular formula is C106H118N16O14S3. The zero-order valence-electron chi connectivity index (χ0n) is 79.1. The summed E-state index contributed by atoms with van der Waals surface area (Å²) < 4.78 is 22.4. The van der Waals surface area contributed by atoms with Crippen molar-refractivity contribution >= 4 is 178 Å². The summed E-state index contributed by atoms with van der Waals surface area (Å²) in [6, 6.07) is 43.8. The summed E-state index contributed by atoms with van der Waals surface area (Å²) in [6.45, 7) is 2.69. The van der Waals surface area contributed by atoms with Gasteiger partial charge in [-0.1, -0.05) is 48.6 Å². The molecule has 3 fully saturated rings. The Morgan fingerprint density at radius 2 is 0.820 bits per heavy atom. The number of Topliss-reactive ketones (excluding diaryl/α,β-unsaturated/α-hetero) is 2. The van der Waals surface area contributed by atoms with Gasteiger partial charge in [0.15, 0.2) is 11.6 Å². The van der Waals surface area contributed by atoms with Crippen LogP contribution in [0.25, 0.3) is 93.3 Å². The number of thioether (sulfide) groups is 1. The number of aromatic amines is 6. The average molecular weight is 1940 g/mol. The fraction of sp³-hybridized carbons (Fsp3) is 0.340. The zero-order chi connectivity index (χ0) is 98.0. The van der Waals surface area contributed by atoms with Crippen molar-refractivity contribution in [3.63, 3.8) is 0 Å². The maximum atomic E-state index is 11.2. The number of non-ortho nitro benzene ring substituents is 4. The molecule has 0 bridgehead atoms. The summed E-state index contributed by atoms with van der Waals surface area (Å²) in [5, 5.41) is 69.6. The summed E-state index contributed by atoms with van der Waals surface area (Å²) in [5.41, 5.74) is 27.3. The van der Waals surface area contributed by atoms with Crippen LogP contribution in [0.1, 0.15) is 165 Å². The number of benzene rings is 6. The number of carbonyl (C=O) groups excluding carboxylic acids is 2. The van der Waals surface area contributed by atoms with Crippen LogP contribution >= 0.6 is 34.4 Å². The van der Waals surface area contributed by atoms with Crippen molar-refractivity contribution in [2.24, 2.45) is 0 Å². The van der Waals surface area contributed by atoms with Crippen LogP contribution in [-0.4, -0.2) is 191 Å². The highest BCUT2D eigenvalue weighted by atomic mass is 32.2. The van der Waals surface area contributed by atoms with E-state index >= 15 is 0 Å². The number of nitrogens with two attached hydrogens (primary N) is 1. The number of nitrogen functional groups attached to an aromatic ring is 1. The molecule has 1 saturated carbocycles. The lowest BCUT2D eigenvalue weighted by atomic mass is 9.89. The fourth-order valence-corrected chi connectivity index (χ4v) is 20.8. The quantitative estimate of drug-likeness (QED) is 0.0143. The highest BCUT2D eigenvalue weighted by Crippen LogP contribution is 2.44. The smallest absolute Gasteiger partial charge is 0.270 e. The number of hydrogen-bond donors (Lipinski definition) is 9. The van der Waals surface area contributed by atoms with E-state index in [-0.39, 0.29) is 44.2 Å². The van der Waals surface area contributed by atoms with Crippen molar-refractivity contribution in [3.8, 4) is 0 Å². The lowest BCUT2D eigenvalue weighted by molar-refractivity contribution is -0.384. The molecule has 139 heavy (non-hydrogen) atoms. The van der Waals surface area contributed by atoms with E-state index < -0.39 is 15.6 Å². The molecule has 2 aliphatic heterocycles. The molecule has 10 heterocycles. The van der Waals surface area contributed by atoms with Gasteiger partial charge in [-0.05, 0) is 236 Å². The summed E-state index contributed by atoms with van der Waals surface area (Å²) in [6.07, 6.45) is 42.5. The van der Waals surface area contributed by atoms with Gasteiger partial charge in [0.25, 0.3) is 22.7 Å². The number of hydrogen-bond acceptors (Lipinski definition) is 23. The van der Waals surface area contributed by atoms with Crippen LogP contribution in [0, 0.1) is 51.3 Å². The first-order chi connectivity index (χ1) is 67.1. The number of aromatic nitrogens is 6. The van der Waals surface area contributed by atoms with E-state index in [1.807, 2.05) is 78.1 Å². The Bertz CT molecular complexity index is 6940. The number of carbonyl (C=O) groups is 2. The number of thiophene rings is 2. The van der Waals surface area contributed by atoms with Gasteiger partial charge in [0.05, 0.1) is 56.7 Å². The number of nitro groups is 4. The SMILES string of the molecule is CN(C)C1CC=C(c2c[nH]c3ccc(CC(=N)c4cccs4)cc23)CC1.CN(C)C1CC=C(c2c[nH]c3ccc(N)cc23)CC1.CN(C)C1CC=C(c2c[nH]c3ccc([N+](=O)[O-])cc23)CC1.CSC(=N)c1cccs1.O=C1CC=C(c2c[nH]c3ccc([N+](=O)[O-])cc23)CC1.O=C1CCC2(CC1)OCCO2.O=[N+]([O-])c1ccc2[nH]cc(C3=CCC4(CC3)OCCO4)c2c1.O=[N+]([O-])c1ccc2[nH]ccc2c1.